The number of hydrogen-bond acceptors (Lipinski definition) is 3. The third kappa shape index (κ3) is 4.15. The predicted octanol–water partition coefficient (Wildman–Crippen LogP) is 0.962. The quantitative estimate of drug-likeness (QED) is 0.775. The minimum Gasteiger partial charge on any atom is -0.352 e. The number of halogens is 2. The highest BCUT2D eigenvalue weighted by Gasteiger charge is 2.29. The molecule has 0 saturated carbocycles. The molecule has 0 aliphatic carbocycles. The second kappa shape index (κ2) is 6.87. The largest absolute Gasteiger partial charge is 0.352 e. The van der Waals surface area contributed by atoms with E-state index >= 15 is 0 Å². The lowest BCUT2D eigenvalue weighted by Gasteiger charge is -2.12. The van der Waals surface area contributed by atoms with Crippen LogP contribution in [0.15, 0.2) is 18.2 Å². The van der Waals surface area contributed by atoms with Crippen molar-refractivity contribution < 1.29 is 14.0 Å². The first kappa shape index (κ1) is 15.7. The molecule has 21 heavy (non-hydrogen) atoms. The number of nitrogens with one attached hydrogen (secondary N) is 3. The molecular formula is C14H17ClFN3O2. The van der Waals surface area contributed by atoms with E-state index in [2.05, 4.69) is 16.0 Å². The van der Waals surface area contributed by atoms with E-state index in [9.17, 15) is 14.0 Å². The van der Waals surface area contributed by atoms with Gasteiger partial charge in [-0.05, 0) is 12.5 Å². The lowest BCUT2D eigenvalue weighted by molar-refractivity contribution is -0.123. The third-order valence-electron chi connectivity index (χ3n) is 3.34. The Kier molecular flexibility index (Phi) is 5.14. The molecule has 1 heterocycles. The van der Waals surface area contributed by atoms with Crippen LogP contribution in [0.2, 0.25) is 5.02 Å². The Morgan fingerprint density at radius 2 is 2.24 bits per heavy atom. The number of hydrogen-bond donors (Lipinski definition) is 3. The molecule has 114 valence electrons. The van der Waals surface area contributed by atoms with Crippen molar-refractivity contribution in [3.63, 3.8) is 0 Å². The van der Waals surface area contributed by atoms with Crippen molar-refractivity contribution in [1.29, 1.82) is 0 Å². The van der Waals surface area contributed by atoms with Crippen LogP contribution in [-0.2, 0) is 16.1 Å². The Balaban J connectivity index is 1.85. The minimum atomic E-state index is -0.519. The van der Waals surface area contributed by atoms with Crippen molar-refractivity contribution in [1.82, 2.24) is 16.0 Å². The number of rotatable bonds is 4. The summed E-state index contributed by atoms with van der Waals surface area (Å²) in [6.45, 7) is 2.06. The zero-order valence-corrected chi connectivity index (χ0v) is 12.3. The van der Waals surface area contributed by atoms with E-state index in [1.54, 1.807) is 12.1 Å². The zero-order valence-electron chi connectivity index (χ0n) is 11.6. The summed E-state index contributed by atoms with van der Waals surface area (Å²) in [6, 6.07) is 4.22. The standard InChI is InChI=1S/C14H17ClFN3O2/c1-8(20)19-10-5-12(17-7-10)14(21)18-6-9-3-2-4-11(15)13(9)16/h2-4,10,12,17H,5-7H2,1H3,(H,18,21)(H,19,20)/t10?,12-/m0/s1. The van der Waals surface area contributed by atoms with Gasteiger partial charge in [0, 0.05) is 31.6 Å². The molecule has 1 saturated heterocycles. The first-order valence-corrected chi connectivity index (χ1v) is 7.06. The predicted molar refractivity (Wildman–Crippen MR) is 77.3 cm³/mol. The maximum atomic E-state index is 13.7. The Labute approximate surface area is 127 Å². The minimum absolute atomic E-state index is 0.0338. The summed E-state index contributed by atoms with van der Waals surface area (Å²) in [5.41, 5.74) is 0.340. The van der Waals surface area contributed by atoms with Crippen LogP contribution >= 0.6 is 11.6 Å². The fourth-order valence-corrected chi connectivity index (χ4v) is 2.52. The van der Waals surface area contributed by atoms with E-state index in [-0.39, 0.29) is 35.5 Å². The number of carbonyl (C=O) groups excluding carboxylic acids is 2. The van der Waals surface area contributed by atoms with E-state index < -0.39 is 5.82 Å². The van der Waals surface area contributed by atoms with Gasteiger partial charge in [0.2, 0.25) is 11.8 Å². The monoisotopic (exact) mass is 313 g/mol. The van der Waals surface area contributed by atoms with Gasteiger partial charge >= 0.3 is 0 Å². The Morgan fingerprint density at radius 3 is 2.95 bits per heavy atom. The van der Waals surface area contributed by atoms with Crippen LogP contribution in [0.25, 0.3) is 0 Å². The van der Waals surface area contributed by atoms with Crippen LogP contribution in [-0.4, -0.2) is 30.4 Å². The van der Waals surface area contributed by atoms with Crippen molar-refractivity contribution >= 4 is 23.4 Å². The molecule has 0 spiro atoms. The van der Waals surface area contributed by atoms with Crippen molar-refractivity contribution in [3.05, 3.63) is 34.6 Å². The van der Waals surface area contributed by atoms with E-state index in [0.29, 0.717) is 18.5 Å². The van der Waals surface area contributed by atoms with Gasteiger partial charge in [-0.25, -0.2) is 4.39 Å². The summed E-state index contributed by atoms with van der Waals surface area (Å²) in [4.78, 5) is 23.0. The van der Waals surface area contributed by atoms with Crippen LogP contribution in [0.5, 0.6) is 0 Å². The van der Waals surface area contributed by atoms with Crippen molar-refractivity contribution in [3.8, 4) is 0 Å². The summed E-state index contributed by atoms with van der Waals surface area (Å²) >= 11 is 5.68. The van der Waals surface area contributed by atoms with Gasteiger partial charge in [-0.1, -0.05) is 23.7 Å². The molecule has 5 nitrogen and oxygen atoms in total. The van der Waals surface area contributed by atoms with Gasteiger partial charge in [0.05, 0.1) is 11.1 Å². The molecule has 0 radical (unpaired) electrons. The van der Waals surface area contributed by atoms with Gasteiger partial charge in [-0.15, -0.1) is 0 Å². The molecule has 0 aromatic heterocycles. The molecule has 1 aliphatic heterocycles. The summed E-state index contributed by atoms with van der Waals surface area (Å²) in [7, 11) is 0. The first-order valence-electron chi connectivity index (χ1n) is 6.68. The van der Waals surface area contributed by atoms with E-state index in [4.69, 9.17) is 11.6 Å². The highest BCUT2D eigenvalue weighted by atomic mass is 35.5. The van der Waals surface area contributed by atoms with Gasteiger partial charge in [-0.2, -0.15) is 0 Å². The fraction of sp³-hybridized carbons (Fsp3) is 0.429. The summed E-state index contributed by atoms with van der Waals surface area (Å²) < 4.78 is 13.7. The van der Waals surface area contributed by atoms with Crippen LogP contribution in [0.3, 0.4) is 0 Å². The zero-order chi connectivity index (χ0) is 15.4. The number of amides is 2. The van der Waals surface area contributed by atoms with Crippen LogP contribution < -0.4 is 16.0 Å². The summed E-state index contributed by atoms with van der Waals surface area (Å²) in [6.07, 6.45) is 0.517. The van der Waals surface area contributed by atoms with Crippen molar-refractivity contribution in [2.75, 3.05) is 6.54 Å². The van der Waals surface area contributed by atoms with Gasteiger partial charge in [0.1, 0.15) is 5.82 Å². The summed E-state index contributed by atoms with van der Waals surface area (Å²) in [5, 5.41) is 8.49. The maximum Gasteiger partial charge on any atom is 0.237 e. The molecule has 2 amide bonds. The molecular weight excluding hydrogens is 297 g/mol. The van der Waals surface area contributed by atoms with E-state index in [1.165, 1.54) is 13.0 Å². The fourth-order valence-electron chi connectivity index (χ4n) is 2.32. The third-order valence-corrected chi connectivity index (χ3v) is 3.63. The molecule has 1 aromatic rings. The van der Waals surface area contributed by atoms with Gasteiger partial charge in [0.25, 0.3) is 0 Å². The topological polar surface area (TPSA) is 70.2 Å². The molecule has 2 rings (SSSR count). The average molecular weight is 314 g/mol. The molecule has 1 aliphatic rings. The van der Waals surface area contributed by atoms with Gasteiger partial charge in [0.15, 0.2) is 0 Å². The molecule has 2 atom stereocenters. The smallest absolute Gasteiger partial charge is 0.237 e. The normalized spacial score (nSPS) is 21.1. The molecule has 0 bridgehead atoms. The van der Waals surface area contributed by atoms with Crippen LogP contribution in [0.1, 0.15) is 18.9 Å². The first-order chi connectivity index (χ1) is 9.97. The molecule has 7 heteroatoms. The lowest BCUT2D eigenvalue weighted by atomic mass is 10.1. The van der Waals surface area contributed by atoms with Crippen molar-refractivity contribution in [2.24, 2.45) is 0 Å². The van der Waals surface area contributed by atoms with Crippen LogP contribution in [0, 0.1) is 5.82 Å². The van der Waals surface area contributed by atoms with E-state index in [0.717, 1.165) is 0 Å². The molecule has 1 unspecified atom stereocenters. The molecule has 1 fully saturated rings. The maximum absolute atomic E-state index is 13.7. The van der Waals surface area contributed by atoms with E-state index in [1.807, 2.05) is 0 Å². The summed E-state index contributed by atoms with van der Waals surface area (Å²) in [5.74, 6) is -0.860. The molecule has 1 aromatic carbocycles. The van der Waals surface area contributed by atoms with Gasteiger partial charge < -0.3 is 16.0 Å². The molecule has 3 N–H and O–H groups in total. The highest BCUT2D eigenvalue weighted by Crippen LogP contribution is 2.17. The van der Waals surface area contributed by atoms with Crippen molar-refractivity contribution in [2.45, 2.75) is 32.0 Å². The second-order valence-corrected chi connectivity index (χ2v) is 5.43. The van der Waals surface area contributed by atoms with Gasteiger partial charge in [-0.3, -0.25) is 9.59 Å². The second-order valence-electron chi connectivity index (χ2n) is 5.02. The number of carbonyl (C=O) groups is 2. The Hall–Kier alpha value is -1.66. The SMILES string of the molecule is CC(=O)NC1CN[C@H](C(=O)NCc2cccc(Cl)c2F)C1. The Morgan fingerprint density at radius 1 is 1.48 bits per heavy atom. The number of benzene rings is 1. The average Bonchev–Trinajstić information content (AvgIpc) is 2.88. The highest BCUT2D eigenvalue weighted by molar-refractivity contribution is 6.30. The Bertz CT molecular complexity index is 553. The lowest BCUT2D eigenvalue weighted by Crippen LogP contribution is -2.40. The van der Waals surface area contributed by atoms with Crippen LogP contribution in [0.4, 0.5) is 4.39 Å².